The summed E-state index contributed by atoms with van der Waals surface area (Å²) in [5.74, 6) is 0. The third-order valence-corrected chi connectivity index (χ3v) is 2.21. The summed E-state index contributed by atoms with van der Waals surface area (Å²) < 4.78 is 6.80. The quantitative estimate of drug-likeness (QED) is 0.652. The van der Waals surface area contributed by atoms with Gasteiger partial charge in [-0.25, -0.2) is 4.68 Å². The first-order valence-corrected chi connectivity index (χ1v) is 4.38. The van der Waals surface area contributed by atoms with E-state index in [9.17, 15) is 0 Å². The molecule has 0 amide bonds. The summed E-state index contributed by atoms with van der Waals surface area (Å²) >= 11 is 0. The number of tetrazole rings is 1. The second-order valence-corrected chi connectivity index (χ2v) is 3.17. The molecular weight excluding hydrogens is 180 g/mol. The topological polar surface area (TPSA) is 56.1 Å². The normalized spacial score (nSPS) is 19.6. The zero-order chi connectivity index (χ0) is 9.38. The van der Waals surface area contributed by atoms with Gasteiger partial charge in [0.05, 0.1) is 12.3 Å². The summed E-state index contributed by atoms with van der Waals surface area (Å²) in [5, 5.41) is 11.0. The molecule has 0 N–H and O–H groups in total. The van der Waals surface area contributed by atoms with Gasteiger partial charge in [0.1, 0.15) is 12.4 Å². The van der Waals surface area contributed by atoms with Crippen molar-refractivity contribution < 1.29 is 4.74 Å². The highest BCUT2D eigenvalue weighted by Crippen LogP contribution is 2.29. The van der Waals surface area contributed by atoms with Gasteiger partial charge in [-0.3, -0.25) is 0 Å². The average molecular weight is 188 g/mol. The van der Waals surface area contributed by atoms with Crippen LogP contribution < -0.4 is 0 Å². The van der Waals surface area contributed by atoms with Crippen LogP contribution in [-0.2, 0) is 4.74 Å². The number of nitrogens with zero attached hydrogens (tertiary/aromatic N) is 4. The Balaban J connectivity index is 1.93. The van der Waals surface area contributed by atoms with Gasteiger partial charge < -0.3 is 4.74 Å². The first kappa shape index (κ1) is 7.64. The predicted octanol–water partition coefficient (Wildman–Crippen LogP) is 0.734. The number of ether oxygens (including phenoxy) is 1. The van der Waals surface area contributed by atoms with Crippen molar-refractivity contribution >= 4 is 0 Å². The zero-order valence-corrected chi connectivity index (χ0v) is 7.37. The maximum atomic E-state index is 5.18. The van der Waals surface area contributed by atoms with Crippen molar-refractivity contribution in [3.8, 4) is 5.69 Å². The lowest BCUT2D eigenvalue weighted by Crippen LogP contribution is -1.94. The van der Waals surface area contributed by atoms with Gasteiger partial charge in [0.2, 0.25) is 0 Å². The second-order valence-electron chi connectivity index (χ2n) is 3.17. The SMILES string of the molecule is c1cc(-n2cnnn2)ccc1[C@H]1CO1. The van der Waals surface area contributed by atoms with Crippen molar-refractivity contribution in [2.24, 2.45) is 0 Å². The van der Waals surface area contributed by atoms with Crippen LogP contribution in [0.4, 0.5) is 0 Å². The molecule has 0 radical (unpaired) electrons. The van der Waals surface area contributed by atoms with Crippen molar-refractivity contribution in [1.29, 1.82) is 0 Å². The Labute approximate surface area is 80.3 Å². The van der Waals surface area contributed by atoms with E-state index in [-0.39, 0.29) is 0 Å². The molecule has 5 heteroatoms. The minimum absolute atomic E-state index is 0.304. The maximum absolute atomic E-state index is 5.18. The van der Waals surface area contributed by atoms with Crippen LogP contribution in [-0.4, -0.2) is 26.8 Å². The molecule has 14 heavy (non-hydrogen) atoms. The van der Waals surface area contributed by atoms with E-state index in [1.807, 2.05) is 24.3 Å². The molecule has 70 valence electrons. The molecule has 0 saturated carbocycles. The van der Waals surface area contributed by atoms with Crippen LogP contribution in [0, 0.1) is 0 Å². The van der Waals surface area contributed by atoms with Gasteiger partial charge in [0.25, 0.3) is 0 Å². The summed E-state index contributed by atoms with van der Waals surface area (Å²) in [7, 11) is 0. The number of epoxide rings is 1. The van der Waals surface area contributed by atoms with Gasteiger partial charge in [-0.1, -0.05) is 12.1 Å². The molecule has 0 aliphatic carbocycles. The minimum Gasteiger partial charge on any atom is -0.368 e. The van der Waals surface area contributed by atoms with Gasteiger partial charge in [-0.15, -0.1) is 5.10 Å². The number of hydrogen-bond donors (Lipinski definition) is 0. The molecular formula is C9H8N4O. The van der Waals surface area contributed by atoms with E-state index in [4.69, 9.17) is 4.74 Å². The number of rotatable bonds is 2. The molecule has 1 aromatic heterocycles. The molecule has 5 nitrogen and oxygen atoms in total. The Bertz CT molecular complexity index is 419. The molecule has 2 aromatic rings. The van der Waals surface area contributed by atoms with Crippen molar-refractivity contribution in [2.45, 2.75) is 6.10 Å². The summed E-state index contributed by atoms with van der Waals surface area (Å²) in [6, 6.07) is 8.03. The van der Waals surface area contributed by atoms with Crippen molar-refractivity contribution in [3.63, 3.8) is 0 Å². The van der Waals surface area contributed by atoms with Crippen LogP contribution in [0.15, 0.2) is 30.6 Å². The third-order valence-electron chi connectivity index (χ3n) is 2.21. The van der Waals surface area contributed by atoms with Crippen LogP contribution >= 0.6 is 0 Å². The first-order valence-electron chi connectivity index (χ1n) is 4.38. The van der Waals surface area contributed by atoms with E-state index in [0.717, 1.165) is 12.3 Å². The van der Waals surface area contributed by atoms with Gasteiger partial charge in [-0.05, 0) is 28.1 Å². The van der Waals surface area contributed by atoms with Crippen molar-refractivity contribution in [1.82, 2.24) is 20.2 Å². The van der Waals surface area contributed by atoms with E-state index in [2.05, 4.69) is 15.5 Å². The summed E-state index contributed by atoms with van der Waals surface area (Å²) in [6.45, 7) is 0.838. The predicted molar refractivity (Wildman–Crippen MR) is 47.8 cm³/mol. The molecule has 1 atom stereocenters. The minimum atomic E-state index is 0.304. The lowest BCUT2D eigenvalue weighted by atomic mass is 10.1. The van der Waals surface area contributed by atoms with E-state index in [1.165, 1.54) is 5.56 Å². The standard InChI is InChI=1S/C9H8N4O/c1-3-8(13-6-10-11-12-13)4-2-7(1)9-5-14-9/h1-4,6,9H,5H2/t9-/m1/s1. The molecule has 0 unspecified atom stereocenters. The van der Waals surface area contributed by atoms with E-state index >= 15 is 0 Å². The Morgan fingerprint density at radius 3 is 2.64 bits per heavy atom. The highest BCUT2D eigenvalue weighted by atomic mass is 16.6. The molecule has 0 bridgehead atoms. The Morgan fingerprint density at radius 2 is 2.07 bits per heavy atom. The first-order chi connectivity index (χ1) is 6.93. The van der Waals surface area contributed by atoms with Crippen LogP contribution in [0.25, 0.3) is 5.69 Å². The molecule has 3 rings (SSSR count). The Morgan fingerprint density at radius 1 is 1.29 bits per heavy atom. The van der Waals surface area contributed by atoms with Crippen molar-refractivity contribution in [2.75, 3.05) is 6.61 Å². The van der Waals surface area contributed by atoms with E-state index < -0.39 is 0 Å². The Kier molecular flexibility index (Phi) is 1.57. The lowest BCUT2D eigenvalue weighted by molar-refractivity contribution is 0.415. The highest BCUT2D eigenvalue weighted by molar-refractivity contribution is 5.34. The van der Waals surface area contributed by atoms with Crippen LogP contribution in [0.5, 0.6) is 0 Å². The highest BCUT2D eigenvalue weighted by Gasteiger charge is 2.24. The molecule has 1 fully saturated rings. The largest absolute Gasteiger partial charge is 0.368 e. The molecule has 1 saturated heterocycles. The van der Waals surface area contributed by atoms with Crippen LogP contribution in [0.3, 0.4) is 0 Å². The summed E-state index contributed by atoms with van der Waals surface area (Å²) in [6.07, 6.45) is 1.88. The van der Waals surface area contributed by atoms with E-state index in [1.54, 1.807) is 11.0 Å². The molecule has 1 aliphatic rings. The van der Waals surface area contributed by atoms with Gasteiger partial charge >= 0.3 is 0 Å². The van der Waals surface area contributed by atoms with Gasteiger partial charge in [-0.2, -0.15) is 0 Å². The van der Waals surface area contributed by atoms with Crippen LogP contribution in [0.2, 0.25) is 0 Å². The van der Waals surface area contributed by atoms with E-state index in [0.29, 0.717) is 6.10 Å². The zero-order valence-electron chi connectivity index (χ0n) is 7.37. The number of aromatic nitrogens is 4. The smallest absolute Gasteiger partial charge is 0.143 e. The molecule has 0 spiro atoms. The number of benzene rings is 1. The summed E-state index contributed by atoms with van der Waals surface area (Å²) in [4.78, 5) is 0. The summed E-state index contributed by atoms with van der Waals surface area (Å²) in [5.41, 5.74) is 2.17. The monoisotopic (exact) mass is 188 g/mol. The number of hydrogen-bond acceptors (Lipinski definition) is 4. The van der Waals surface area contributed by atoms with Gasteiger partial charge in [0.15, 0.2) is 0 Å². The second kappa shape index (κ2) is 2.88. The Hall–Kier alpha value is -1.75. The van der Waals surface area contributed by atoms with Crippen LogP contribution in [0.1, 0.15) is 11.7 Å². The lowest BCUT2D eigenvalue weighted by Gasteiger charge is -1.99. The molecule has 1 aromatic carbocycles. The maximum Gasteiger partial charge on any atom is 0.143 e. The van der Waals surface area contributed by atoms with Crippen molar-refractivity contribution in [3.05, 3.63) is 36.2 Å². The average Bonchev–Trinajstić information content (AvgIpc) is 2.94. The fraction of sp³-hybridized carbons (Fsp3) is 0.222. The third kappa shape index (κ3) is 1.27. The van der Waals surface area contributed by atoms with Gasteiger partial charge in [0, 0.05) is 0 Å². The molecule has 2 heterocycles. The fourth-order valence-electron chi connectivity index (χ4n) is 1.36. The fourth-order valence-corrected chi connectivity index (χ4v) is 1.36. The molecule has 1 aliphatic heterocycles.